The number of nitrogens with one attached hydrogen (secondary N) is 1. The van der Waals surface area contributed by atoms with Gasteiger partial charge in [-0.05, 0) is 38.5 Å². The molecule has 0 saturated carbocycles. The summed E-state index contributed by atoms with van der Waals surface area (Å²) in [5.41, 5.74) is -1.13. The molecule has 1 aromatic carbocycles. The number of hydrogen-bond acceptors (Lipinski definition) is 8. The highest BCUT2D eigenvalue weighted by Crippen LogP contribution is 2.33. The minimum atomic E-state index is -0.847. The molecule has 156 valence electrons. The first-order valence-corrected chi connectivity index (χ1v) is 8.58. The van der Waals surface area contributed by atoms with Gasteiger partial charge in [0, 0.05) is 17.5 Å². The Morgan fingerprint density at radius 1 is 1.03 bits per heavy atom. The number of carbonyl (C=O) groups is 2. The monoisotopic (exact) mass is 405 g/mol. The molecule has 1 amide bonds. The van der Waals surface area contributed by atoms with E-state index in [0.717, 1.165) is 7.11 Å². The topological polar surface area (TPSA) is 113 Å². The van der Waals surface area contributed by atoms with Crippen molar-refractivity contribution in [3.63, 3.8) is 0 Å². The summed E-state index contributed by atoms with van der Waals surface area (Å²) in [6, 6.07) is 4.26. The van der Waals surface area contributed by atoms with E-state index in [0.29, 0.717) is 22.4 Å². The molecule has 1 heterocycles. The predicted octanol–water partition coefficient (Wildman–Crippen LogP) is 2.85. The van der Waals surface area contributed by atoms with Crippen molar-refractivity contribution in [2.45, 2.75) is 26.4 Å². The number of hydrogen-bond donors (Lipinski definition) is 1. The van der Waals surface area contributed by atoms with Crippen molar-refractivity contribution < 1.29 is 33.0 Å². The summed E-state index contributed by atoms with van der Waals surface area (Å²) in [6.07, 6.45) is 0.446. The van der Waals surface area contributed by atoms with E-state index in [1.807, 2.05) is 0 Å². The summed E-state index contributed by atoms with van der Waals surface area (Å²) in [4.78, 5) is 36.2. The van der Waals surface area contributed by atoms with Crippen LogP contribution in [-0.2, 0) is 14.3 Å². The number of ether oxygens (including phenoxy) is 4. The Labute approximate surface area is 167 Å². The molecule has 9 heteroatoms. The van der Waals surface area contributed by atoms with E-state index in [2.05, 4.69) is 5.32 Å². The van der Waals surface area contributed by atoms with Crippen LogP contribution in [0.2, 0.25) is 0 Å². The molecule has 0 aliphatic carbocycles. The zero-order chi connectivity index (χ0) is 21.8. The molecule has 2 rings (SSSR count). The van der Waals surface area contributed by atoms with Gasteiger partial charge >= 0.3 is 17.7 Å². The van der Waals surface area contributed by atoms with Crippen molar-refractivity contribution in [1.82, 2.24) is 5.32 Å². The van der Waals surface area contributed by atoms with Crippen molar-refractivity contribution in [1.29, 1.82) is 0 Å². The van der Waals surface area contributed by atoms with E-state index in [1.165, 1.54) is 32.4 Å². The van der Waals surface area contributed by atoms with E-state index in [4.69, 9.17) is 23.4 Å². The molecule has 0 unspecified atom stereocenters. The maximum atomic E-state index is 12.2. The van der Waals surface area contributed by atoms with Crippen molar-refractivity contribution in [3.8, 4) is 11.5 Å². The standard InChI is InChI=1S/C20H23NO8/c1-20(2,3)29-19(24)21-13(18(23)27-6)7-11-8-17(22)28-14-10-16(26-5)15(25-4)9-12(11)14/h7-10H,1-6H3,(H,21,24)/b13-7-. The summed E-state index contributed by atoms with van der Waals surface area (Å²) >= 11 is 0. The average Bonchev–Trinajstić information content (AvgIpc) is 2.64. The van der Waals surface area contributed by atoms with Gasteiger partial charge in [-0.3, -0.25) is 5.32 Å². The Bertz CT molecular complexity index is 1010. The van der Waals surface area contributed by atoms with Crippen LogP contribution < -0.4 is 20.4 Å². The highest BCUT2D eigenvalue weighted by Gasteiger charge is 2.21. The van der Waals surface area contributed by atoms with Crippen LogP contribution >= 0.6 is 0 Å². The SMILES string of the molecule is COC(=O)/C(=C/c1cc(=O)oc2cc(OC)c(OC)cc12)NC(=O)OC(C)(C)C. The molecule has 0 fully saturated rings. The van der Waals surface area contributed by atoms with E-state index < -0.39 is 23.3 Å². The summed E-state index contributed by atoms with van der Waals surface area (Å²) in [6.45, 7) is 5.05. The van der Waals surface area contributed by atoms with Gasteiger partial charge in [0.1, 0.15) is 16.9 Å². The number of amides is 1. The molecule has 1 aromatic heterocycles. The van der Waals surface area contributed by atoms with Crippen LogP contribution in [0.15, 0.2) is 33.1 Å². The molecule has 0 saturated heterocycles. The van der Waals surface area contributed by atoms with Crippen molar-refractivity contribution in [3.05, 3.63) is 39.9 Å². The molecule has 2 aromatic rings. The molecule has 0 atom stereocenters. The number of alkyl carbamates (subject to hydrolysis) is 1. The van der Waals surface area contributed by atoms with Crippen LogP contribution in [0.5, 0.6) is 11.5 Å². The van der Waals surface area contributed by atoms with E-state index in [-0.39, 0.29) is 11.3 Å². The highest BCUT2D eigenvalue weighted by atomic mass is 16.6. The molecular formula is C20H23NO8. The van der Waals surface area contributed by atoms with Crippen molar-refractivity contribution >= 4 is 29.1 Å². The van der Waals surface area contributed by atoms with Gasteiger partial charge in [-0.25, -0.2) is 14.4 Å². The Balaban J connectivity index is 2.61. The number of carbonyl (C=O) groups excluding carboxylic acids is 2. The van der Waals surface area contributed by atoms with Crippen LogP contribution in [0.4, 0.5) is 4.79 Å². The molecule has 1 N–H and O–H groups in total. The second-order valence-corrected chi connectivity index (χ2v) is 6.90. The second-order valence-electron chi connectivity index (χ2n) is 6.90. The van der Waals surface area contributed by atoms with E-state index in [9.17, 15) is 14.4 Å². The molecular weight excluding hydrogens is 382 g/mol. The molecule has 0 spiro atoms. The lowest BCUT2D eigenvalue weighted by molar-refractivity contribution is -0.136. The lowest BCUT2D eigenvalue weighted by atomic mass is 10.1. The van der Waals surface area contributed by atoms with Crippen LogP contribution in [0.25, 0.3) is 17.0 Å². The predicted molar refractivity (Wildman–Crippen MR) is 105 cm³/mol. The van der Waals surface area contributed by atoms with Gasteiger partial charge in [0.15, 0.2) is 11.5 Å². The molecule has 29 heavy (non-hydrogen) atoms. The maximum absolute atomic E-state index is 12.2. The first kappa shape index (κ1) is 21.8. The fraction of sp³-hybridized carbons (Fsp3) is 0.350. The average molecular weight is 405 g/mol. The van der Waals surface area contributed by atoms with Crippen LogP contribution in [0.3, 0.4) is 0 Å². The molecule has 0 aliphatic heterocycles. The first-order chi connectivity index (χ1) is 13.6. The second kappa shape index (κ2) is 8.68. The van der Waals surface area contributed by atoms with Gasteiger partial charge in [0.05, 0.1) is 21.3 Å². The minimum absolute atomic E-state index is 0.211. The van der Waals surface area contributed by atoms with Crippen molar-refractivity contribution in [2.75, 3.05) is 21.3 Å². The maximum Gasteiger partial charge on any atom is 0.412 e. The number of benzene rings is 1. The minimum Gasteiger partial charge on any atom is -0.493 e. The fourth-order valence-corrected chi connectivity index (χ4v) is 2.46. The molecule has 0 aliphatic rings. The quantitative estimate of drug-likeness (QED) is 0.459. The third-order valence-corrected chi connectivity index (χ3v) is 3.62. The zero-order valence-electron chi connectivity index (χ0n) is 17.1. The fourth-order valence-electron chi connectivity index (χ4n) is 2.46. The van der Waals surface area contributed by atoms with Gasteiger partial charge in [0.25, 0.3) is 0 Å². The van der Waals surface area contributed by atoms with E-state index in [1.54, 1.807) is 26.8 Å². The Hall–Kier alpha value is -3.49. The first-order valence-electron chi connectivity index (χ1n) is 8.58. The Morgan fingerprint density at radius 3 is 2.21 bits per heavy atom. The van der Waals surface area contributed by atoms with Gasteiger partial charge in [0.2, 0.25) is 0 Å². The summed E-state index contributed by atoms with van der Waals surface area (Å²) in [5, 5.41) is 2.80. The number of rotatable bonds is 5. The zero-order valence-corrected chi connectivity index (χ0v) is 17.1. The van der Waals surface area contributed by atoms with Gasteiger partial charge < -0.3 is 23.4 Å². The van der Waals surface area contributed by atoms with Gasteiger partial charge in [-0.15, -0.1) is 0 Å². The third kappa shape index (κ3) is 5.50. The molecule has 9 nitrogen and oxygen atoms in total. The summed E-state index contributed by atoms with van der Waals surface area (Å²) in [5.74, 6) is -0.0645. The molecule has 0 radical (unpaired) electrons. The largest absolute Gasteiger partial charge is 0.493 e. The lowest BCUT2D eigenvalue weighted by Gasteiger charge is -2.20. The van der Waals surface area contributed by atoms with Crippen LogP contribution in [0.1, 0.15) is 26.3 Å². The smallest absolute Gasteiger partial charge is 0.412 e. The van der Waals surface area contributed by atoms with E-state index >= 15 is 0 Å². The van der Waals surface area contributed by atoms with Gasteiger partial charge in [-0.2, -0.15) is 0 Å². The van der Waals surface area contributed by atoms with Crippen molar-refractivity contribution in [2.24, 2.45) is 0 Å². The van der Waals surface area contributed by atoms with Gasteiger partial charge in [-0.1, -0.05) is 0 Å². The summed E-state index contributed by atoms with van der Waals surface area (Å²) in [7, 11) is 4.08. The number of fused-ring (bicyclic) bond motifs is 1. The molecule has 0 bridgehead atoms. The Kier molecular flexibility index (Phi) is 6.53. The van der Waals surface area contributed by atoms with Crippen LogP contribution in [-0.4, -0.2) is 39.0 Å². The van der Waals surface area contributed by atoms with Crippen LogP contribution in [0, 0.1) is 0 Å². The third-order valence-electron chi connectivity index (χ3n) is 3.62. The number of methoxy groups -OCH3 is 3. The lowest BCUT2D eigenvalue weighted by Crippen LogP contribution is -2.34. The summed E-state index contributed by atoms with van der Waals surface area (Å²) < 4.78 is 25.6. The highest BCUT2D eigenvalue weighted by molar-refractivity contribution is 5.99. The number of esters is 1. The normalized spacial score (nSPS) is 11.7. The Morgan fingerprint density at radius 2 is 1.66 bits per heavy atom.